The zero-order valence-corrected chi connectivity index (χ0v) is 12.4. The minimum absolute atomic E-state index is 0.234. The normalized spacial score (nSPS) is 16.5. The summed E-state index contributed by atoms with van der Waals surface area (Å²) in [6.07, 6.45) is 0. The highest BCUT2D eigenvalue weighted by molar-refractivity contribution is 5.87. The van der Waals surface area contributed by atoms with Crippen molar-refractivity contribution in [2.24, 2.45) is 0 Å². The lowest BCUT2D eigenvalue weighted by Gasteiger charge is -2.35. The van der Waals surface area contributed by atoms with Crippen LogP contribution in [0.1, 0.15) is 30.5 Å². The summed E-state index contributed by atoms with van der Waals surface area (Å²) in [5, 5.41) is 3.28. The molecule has 1 aliphatic rings. The highest BCUT2D eigenvalue weighted by atomic mass is 16.2. The first kappa shape index (κ1) is 14.1. The summed E-state index contributed by atoms with van der Waals surface area (Å²) < 4.78 is 0. The van der Waals surface area contributed by atoms with Crippen LogP contribution in [0.5, 0.6) is 0 Å². The molecule has 1 aromatic carbocycles. The fourth-order valence-corrected chi connectivity index (χ4v) is 2.52. The third kappa shape index (κ3) is 2.81. The molecule has 1 saturated heterocycles. The Morgan fingerprint density at radius 2 is 1.79 bits per heavy atom. The predicted molar refractivity (Wildman–Crippen MR) is 78.4 cm³/mol. The van der Waals surface area contributed by atoms with E-state index < -0.39 is 5.41 Å². The average Bonchev–Trinajstić information content (AvgIpc) is 2.41. The van der Waals surface area contributed by atoms with Crippen LogP contribution in [-0.4, -0.2) is 37.0 Å². The zero-order valence-electron chi connectivity index (χ0n) is 12.4. The van der Waals surface area contributed by atoms with Gasteiger partial charge < -0.3 is 10.2 Å². The second-order valence-electron chi connectivity index (χ2n) is 5.97. The standard InChI is InChI=1S/C16H24N2O/c1-12-5-6-14(11-13(12)2)16(3,4)15(19)18-9-7-17-8-10-18/h5-6,11,17H,7-10H2,1-4H3. The largest absolute Gasteiger partial charge is 0.339 e. The number of aryl methyl sites for hydroxylation is 2. The molecule has 3 nitrogen and oxygen atoms in total. The third-order valence-electron chi connectivity index (χ3n) is 4.17. The van der Waals surface area contributed by atoms with Crippen molar-refractivity contribution in [3.05, 3.63) is 34.9 Å². The molecule has 1 amide bonds. The minimum atomic E-state index is -0.449. The van der Waals surface area contributed by atoms with Crippen LogP contribution in [0, 0.1) is 13.8 Å². The van der Waals surface area contributed by atoms with Crippen molar-refractivity contribution in [1.82, 2.24) is 10.2 Å². The fourth-order valence-electron chi connectivity index (χ4n) is 2.52. The molecule has 0 atom stereocenters. The van der Waals surface area contributed by atoms with Crippen LogP contribution in [0.15, 0.2) is 18.2 Å². The molecular formula is C16H24N2O. The smallest absolute Gasteiger partial charge is 0.232 e. The second-order valence-corrected chi connectivity index (χ2v) is 5.97. The third-order valence-corrected chi connectivity index (χ3v) is 4.17. The molecule has 0 saturated carbocycles. The summed E-state index contributed by atoms with van der Waals surface area (Å²) in [6, 6.07) is 6.34. The van der Waals surface area contributed by atoms with E-state index in [1.54, 1.807) is 0 Å². The van der Waals surface area contributed by atoms with E-state index in [2.05, 4.69) is 37.4 Å². The number of hydrogen-bond donors (Lipinski definition) is 1. The van der Waals surface area contributed by atoms with Crippen LogP contribution in [0.25, 0.3) is 0 Å². The lowest BCUT2D eigenvalue weighted by Crippen LogP contribution is -2.51. The van der Waals surface area contributed by atoms with Gasteiger partial charge in [-0.15, -0.1) is 0 Å². The molecule has 0 spiro atoms. The van der Waals surface area contributed by atoms with E-state index in [1.165, 1.54) is 11.1 Å². The lowest BCUT2D eigenvalue weighted by atomic mass is 9.81. The molecule has 2 rings (SSSR count). The van der Waals surface area contributed by atoms with Gasteiger partial charge in [0.15, 0.2) is 0 Å². The van der Waals surface area contributed by atoms with E-state index in [0.29, 0.717) is 0 Å². The number of carbonyl (C=O) groups excluding carboxylic acids is 1. The average molecular weight is 260 g/mol. The molecule has 3 heteroatoms. The molecule has 104 valence electrons. The maximum atomic E-state index is 12.7. The molecule has 0 unspecified atom stereocenters. The van der Waals surface area contributed by atoms with Crippen LogP contribution < -0.4 is 5.32 Å². The number of piperazine rings is 1. The Morgan fingerprint density at radius 3 is 2.37 bits per heavy atom. The molecule has 1 fully saturated rings. The zero-order chi connectivity index (χ0) is 14.0. The van der Waals surface area contributed by atoms with E-state index in [1.807, 2.05) is 18.7 Å². The highest BCUT2D eigenvalue weighted by Crippen LogP contribution is 2.27. The Hall–Kier alpha value is -1.35. The van der Waals surface area contributed by atoms with Gasteiger partial charge in [0.25, 0.3) is 0 Å². The SMILES string of the molecule is Cc1ccc(C(C)(C)C(=O)N2CCNCC2)cc1C. The first-order chi connectivity index (χ1) is 8.93. The van der Waals surface area contributed by atoms with Gasteiger partial charge in [0.1, 0.15) is 0 Å². The van der Waals surface area contributed by atoms with Gasteiger partial charge in [0.2, 0.25) is 5.91 Å². The van der Waals surface area contributed by atoms with Crippen molar-refractivity contribution >= 4 is 5.91 Å². The van der Waals surface area contributed by atoms with E-state index >= 15 is 0 Å². The topological polar surface area (TPSA) is 32.3 Å². The number of nitrogens with one attached hydrogen (secondary N) is 1. The Bertz CT molecular complexity index is 474. The van der Waals surface area contributed by atoms with Crippen molar-refractivity contribution in [3.63, 3.8) is 0 Å². The fraction of sp³-hybridized carbons (Fsp3) is 0.562. The molecular weight excluding hydrogens is 236 g/mol. The van der Waals surface area contributed by atoms with Gasteiger partial charge in [-0.1, -0.05) is 18.2 Å². The first-order valence-corrected chi connectivity index (χ1v) is 7.01. The van der Waals surface area contributed by atoms with Crippen LogP contribution in [0.4, 0.5) is 0 Å². The number of benzene rings is 1. The van der Waals surface area contributed by atoms with Crippen molar-refractivity contribution in [1.29, 1.82) is 0 Å². The van der Waals surface area contributed by atoms with Crippen molar-refractivity contribution < 1.29 is 4.79 Å². The minimum Gasteiger partial charge on any atom is -0.339 e. The summed E-state index contributed by atoms with van der Waals surface area (Å²) in [7, 11) is 0. The van der Waals surface area contributed by atoms with Gasteiger partial charge >= 0.3 is 0 Å². The molecule has 19 heavy (non-hydrogen) atoms. The Balaban J connectivity index is 2.24. The van der Waals surface area contributed by atoms with E-state index in [-0.39, 0.29) is 5.91 Å². The van der Waals surface area contributed by atoms with Gasteiger partial charge in [-0.25, -0.2) is 0 Å². The second kappa shape index (κ2) is 5.33. The van der Waals surface area contributed by atoms with Gasteiger partial charge in [0.05, 0.1) is 5.41 Å². The first-order valence-electron chi connectivity index (χ1n) is 7.01. The number of carbonyl (C=O) groups is 1. The van der Waals surface area contributed by atoms with Gasteiger partial charge in [-0.05, 0) is 44.4 Å². The summed E-state index contributed by atoms with van der Waals surface area (Å²) >= 11 is 0. The number of nitrogens with zero attached hydrogens (tertiary/aromatic N) is 1. The highest BCUT2D eigenvalue weighted by Gasteiger charge is 2.34. The lowest BCUT2D eigenvalue weighted by molar-refractivity contribution is -0.136. The Morgan fingerprint density at radius 1 is 1.16 bits per heavy atom. The van der Waals surface area contributed by atoms with E-state index in [4.69, 9.17) is 0 Å². The Labute approximate surface area is 116 Å². The van der Waals surface area contributed by atoms with E-state index in [0.717, 1.165) is 31.7 Å². The summed E-state index contributed by atoms with van der Waals surface area (Å²) in [6.45, 7) is 11.7. The van der Waals surface area contributed by atoms with E-state index in [9.17, 15) is 4.79 Å². The maximum absolute atomic E-state index is 12.7. The van der Waals surface area contributed by atoms with Crippen molar-refractivity contribution in [3.8, 4) is 0 Å². The molecule has 1 N–H and O–H groups in total. The number of hydrogen-bond acceptors (Lipinski definition) is 2. The molecule has 0 radical (unpaired) electrons. The molecule has 1 aromatic rings. The maximum Gasteiger partial charge on any atom is 0.232 e. The molecule has 0 bridgehead atoms. The summed E-state index contributed by atoms with van der Waals surface area (Å²) in [5.74, 6) is 0.234. The molecule has 0 aromatic heterocycles. The van der Waals surface area contributed by atoms with Gasteiger partial charge in [-0.2, -0.15) is 0 Å². The van der Waals surface area contributed by atoms with Gasteiger partial charge in [-0.3, -0.25) is 4.79 Å². The van der Waals surface area contributed by atoms with Crippen LogP contribution in [-0.2, 0) is 10.2 Å². The quantitative estimate of drug-likeness (QED) is 0.882. The van der Waals surface area contributed by atoms with Crippen LogP contribution in [0.3, 0.4) is 0 Å². The van der Waals surface area contributed by atoms with Crippen LogP contribution in [0.2, 0.25) is 0 Å². The van der Waals surface area contributed by atoms with Crippen molar-refractivity contribution in [2.75, 3.05) is 26.2 Å². The van der Waals surface area contributed by atoms with Crippen LogP contribution >= 0.6 is 0 Å². The molecule has 1 aliphatic heterocycles. The van der Waals surface area contributed by atoms with Crippen molar-refractivity contribution in [2.45, 2.75) is 33.1 Å². The Kier molecular flexibility index (Phi) is 3.95. The summed E-state index contributed by atoms with van der Waals surface area (Å²) in [5.41, 5.74) is 3.18. The summed E-state index contributed by atoms with van der Waals surface area (Å²) in [4.78, 5) is 14.7. The monoisotopic (exact) mass is 260 g/mol. The van der Waals surface area contributed by atoms with Gasteiger partial charge in [0, 0.05) is 26.2 Å². The molecule has 1 heterocycles. The molecule has 0 aliphatic carbocycles. The predicted octanol–water partition coefficient (Wildman–Crippen LogP) is 2.01. The number of amides is 1. The number of rotatable bonds is 2.